The molecular weight excluding hydrogens is 460 g/mol. The molecule has 0 saturated heterocycles. The zero-order valence-corrected chi connectivity index (χ0v) is 22.9. The van der Waals surface area contributed by atoms with Gasteiger partial charge in [0.2, 0.25) is 6.79 Å². The fourth-order valence-electron chi connectivity index (χ4n) is 6.06. The van der Waals surface area contributed by atoms with Crippen LogP contribution in [0.3, 0.4) is 0 Å². The number of fused-ring (bicyclic) bond motifs is 3. The van der Waals surface area contributed by atoms with Gasteiger partial charge in [-0.25, -0.2) is 0 Å². The van der Waals surface area contributed by atoms with E-state index < -0.39 is 0 Å². The molecule has 0 aliphatic carbocycles. The van der Waals surface area contributed by atoms with E-state index in [2.05, 4.69) is 84.0 Å². The highest BCUT2D eigenvalue weighted by Crippen LogP contribution is 2.47. The van der Waals surface area contributed by atoms with Gasteiger partial charge in [-0.1, -0.05) is 65.8 Å². The van der Waals surface area contributed by atoms with E-state index in [1.807, 2.05) is 0 Å². The SMILES string of the molecule is CC(C)c1cc(C2Cc3cccc(C(C)C)c3O2)cc2c1OCC(c1cc3c(c(C(C)C)c1)OCO3)C2. The summed E-state index contributed by atoms with van der Waals surface area (Å²) in [5.41, 5.74) is 8.91. The van der Waals surface area contributed by atoms with Crippen molar-refractivity contribution in [3.8, 4) is 23.0 Å². The Morgan fingerprint density at radius 3 is 2.14 bits per heavy atom. The van der Waals surface area contributed by atoms with Gasteiger partial charge in [0, 0.05) is 17.9 Å². The molecule has 37 heavy (non-hydrogen) atoms. The van der Waals surface area contributed by atoms with Gasteiger partial charge in [0.05, 0.1) is 6.61 Å². The summed E-state index contributed by atoms with van der Waals surface area (Å²) < 4.78 is 24.8. The van der Waals surface area contributed by atoms with Gasteiger partial charge < -0.3 is 18.9 Å². The minimum atomic E-state index is 0.0381. The Labute approximate surface area is 220 Å². The predicted octanol–water partition coefficient (Wildman–Crippen LogP) is 8.18. The maximum atomic E-state index is 6.64. The molecule has 2 atom stereocenters. The lowest BCUT2D eigenvalue weighted by molar-refractivity contribution is 0.173. The molecule has 0 radical (unpaired) electrons. The van der Waals surface area contributed by atoms with E-state index in [4.69, 9.17) is 18.9 Å². The first-order valence-corrected chi connectivity index (χ1v) is 13.8. The second-order valence-electron chi connectivity index (χ2n) is 11.8. The third kappa shape index (κ3) is 4.24. The highest BCUT2D eigenvalue weighted by molar-refractivity contribution is 5.55. The molecule has 3 aromatic carbocycles. The van der Waals surface area contributed by atoms with Gasteiger partial charge in [0.15, 0.2) is 11.5 Å². The molecule has 0 fully saturated rings. The summed E-state index contributed by atoms with van der Waals surface area (Å²) in [7, 11) is 0. The molecule has 2 unspecified atom stereocenters. The van der Waals surface area contributed by atoms with Crippen molar-refractivity contribution in [3.05, 3.63) is 81.4 Å². The van der Waals surface area contributed by atoms with Crippen molar-refractivity contribution in [1.82, 2.24) is 0 Å². The minimum Gasteiger partial charge on any atom is -0.492 e. The van der Waals surface area contributed by atoms with Crippen LogP contribution in [0.1, 0.15) is 110 Å². The molecule has 3 aromatic rings. The first kappa shape index (κ1) is 24.2. The Morgan fingerprint density at radius 2 is 1.38 bits per heavy atom. The summed E-state index contributed by atoms with van der Waals surface area (Å²) in [6.07, 6.45) is 1.89. The average molecular weight is 499 g/mol. The Kier molecular flexibility index (Phi) is 6.09. The lowest BCUT2D eigenvalue weighted by atomic mass is 9.84. The number of hydrogen-bond donors (Lipinski definition) is 0. The van der Waals surface area contributed by atoms with Crippen molar-refractivity contribution in [1.29, 1.82) is 0 Å². The Hall–Kier alpha value is -3.14. The van der Waals surface area contributed by atoms with E-state index in [0.29, 0.717) is 31.2 Å². The highest BCUT2D eigenvalue weighted by Gasteiger charge is 2.32. The summed E-state index contributed by atoms with van der Waals surface area (Å²) in [6, 6.07) is 15.7. The molecule has 6 rings (SSSR count). The molecule has 0 N–H and O–H groups in total. The standard InChI is InChI=1S/C33H38O4/c1-18(2)26-9-7-8-21-14-29(37-32(21)26)23-10-24-11-25(16-34-31(24)27(13-23)19(3)4)22-12-28(20(5)6)33-30(15-22)35-17-36-33/h7-10,12-13,15,18-20,25,29H,11,14,16-17H2,1-6H3. The zero-order valence-electron chi connectivity index (χ0n) is 22.9. The van der Waals surface area contributed by atoms with Crippen LogP contribution in [0.25, 0.3) is 0 Å². The fourth-order valence-corrected chi connectivity index (χ4v) is 6.06. The maximum Gasteiger partial charge on any atom is 0.231 e. The van der Waals surface area contributed by atoms with E-state index in [-0.39, 0.29) is 12.0 Å². The van der Waals surface area contributed by atoms with Gasteiger partial charge in [0.25, 0.3) is 0 Å². The average Bonchev–Trinajstić information content (AvgIpc) is 3.53. The number of para-hydroxylation sites is 1. The van der Waals surface area contributed by atoms with Crippen LogP contribution >= 0.6 is 0 Å². The largest absolute Gasteiger partial charge is 0.492 e. The van der Waals surface area contributed by atoms with E-state index in [9.17, 15) is 0 Å². The van der Waals surface area contributed by atoms with E-state index >= 15 is 0 Å². The van der Waals surface area contributed by atoms with Gasteiger partial charge in [-0.15, -0.1) is 0 Å². The molecule has 4 nitrogen and oxygen atoms in total. The van der Waals surface area contributed by atoms with E-state index in [1.54, 1.807) is 0 Å². The monoisotopic (exact) mass is 498 g/mol. The van der Waals surface area contributed by atoms with Crippen LogP contribution in [0.5, 0.6) is 23.0 Å². The number of ether oxygens (including phenoxy) is 4. The molecule has 0 bridgehead atoms. The van der Waals surface area contributed by atoms with Crippen molar-refractivity contribution in [2.45, 2.75) is 84.2 Å². The van der Waals surface area contributed by atoms with Crippen LogP contribution in [-0.2, 0) is 12.8 Å². The van der Waals surface area contributed by atoms with Crippen molar-refractivity contribution in [3.63, 3.8) is 0 Å². The smallest absolute Gasteiger partial charge is 0.231 e. The number of hydrogen-bond acceptors (Lipinski definition) is 4. The van der Waals surface area contributed by atoms with Crippen LogP contribution in [0.4, 0.5) is 0 Å². The maximum absolute atomic E-state index is 6.64. The molecule has 3 aliphatic rings. The Balaban J connectivity index is 1.34. The molecule has 0 aromatic heterocycles. The van der Waals surface area contributed by atoms with Gasteiger partial charge in [-0.2, -0.15) is 0 Å². The molecule has 4 heteroatoms. The van der Waals surface area contributed by atoms with Crippen LogP contribution in [0, 0.1) is 0 Å². The van der Waals surface area contributed by atoms with Crippen molar-refractivity contribution in [2.24, 2.45) is 0 Å². The van der Waals surface area contributed by atoms with Gasteiger partial charge in [-0.05, 0) is 75.8 Å². The van der Waals surface area contributed by atoms with Crippen molar-refractivity contribution < 1.29 is 18.9 Å². The molecule has 0 saturated carbocycles. The molecule has 0 spiro atoms. The van der Waals surface area contributed by atoms with Crippen molar-refractivity contribution >= 4 is 0 Å². The zero-order chi connectivity index (χ0) is 25.8. The summed E-state index contributed by atoms with van der Waals surface area (Å²) in [6.45, 7) is 14.4. The van der Waals surface area contributed by atoms with Crippen LogP contribution in [-0.4, -0.2) is 13.4 Å². The summed E-state index contributed by atoms with van der Waals surface area (Å²) in [5.74, 6) is 5.36. The van der Waals surface area contributed by atoms with Crippen LogP contribution in [0.15, 0.2) is 42.5 Å². The first-order chi connectivity index (χ1) is 17.8. The number of rotatable bonds is 5. The second-order valence-corrected chi connectivity index (χ2v) is 11.8. The third-order valence-electron chi connectivity index (χ3n) is 8.14. The molecular formula is C33H38O4. The quantitative estimate of drug-likeness (QED) is 0.355. The third-order valence-corrected chi connectivity index (χ3v) is 8.14. The Bertz CT molecular complexity index is 1340. The van der Waals surface area contributed by atoms with Gasteiger partial charge >= 0.3 is 0 Å². The molecule has 194 valence electrons. The number of benzene rings is 3. The van der Waals surface area contributed by atoms with E-state index in [1.165, 1.54) is 38.9 Å². The van der Waals surface area contributed by atoms with Gasteiger partial charge in [0.1, 0.15) is 17.6 Å². The predicted molar refractivity (Wildman–Crippen MR) is 147 cm³/mol. The first-order valence-electron chi connectivity index (χ1n) is 13.8. The van der Waals surface area contributed by atoms with Crippen LogP contribution in [0.2, 0.25) is 0 Å². The second kappa shape index (κ2) is 9.31. The van der Waals surface area contributed by atoms with Crippen molar-refractivity contribution in [2.75, 3.05) is 13.4 Å². The van der Waals surface area contributed by atoms with Gasteiger partial charge in [-0.3, -0.25) is 0 Å². The fraction of sp³-hybridized carbons (Fsp3) is 0.455. The van der Waals surface area contributed by atoms with E-state index in [0.717, 1.165) is 35.8 Å². The topological polar surface area (TPSA) is 36.9 Å². The lowest BCUT2D eigenvalue weighted by Crippen LogP contribution is -2.21. The summed E-state index contributed by atoms with van der Waals surface area (Å²) in [5, 5.41) is 0. The summed E-state index contributed by atoms with van der Waals surface area (Å²) in [4.78, 5) is 0. The highest BCUT2D eigenvalue weighted by atomic mass is 16.7. The van der Waals surface area contributed by atoms with Crippen LogP contribution < -0.4 is 18.9 Å². The summed E-state index contributed by atoms with van der Waals surface area (Å²) >= 11 is 0. The molecule has 0 amide bonds. The normalized spacial score (nSPS) is 19.7. The minimum absolute atomic E-state index is 0.0381. The molecule has 3 aliphatic heterocycles. The lowest BCUT2D eigenvalue weighted by Gasteiger charge is -2.30. The molecule has 3 heterocycles. The Morgan fingerprint density at radius 1 is 0.649 bits per heavy atom.